The Kier molecular flexibility index (Phi) is 4.62. The van der Waals surface area contributed by atoms with Gasteiger partial charge in [-0.1, -0.05) is 60.7 Å². The fraction of sp³-hybridized carbons (Fsp3) is 0.143. The highest BCUT2D eigenvalue weighted by Crippen LogP contribution is 2.26. The van der Waals surface area contributed by atoms with E-state index in [9.17, 15) is 5.11 Å². The molecule has 2 heterocycles. The van der Waals surface area contributed by atoms with Gasteiger partial charge >= 0.3 is 0 Å². The molecule has 26 heavy (non-hydrogen) atoms. The van der Waals surface area contributed by atoms with E-state index in [1.165, 1.54) is 0 Å². The number of hydrogen-bond acceptors (Lipinski definition) is 4. The Bertz CT molecular complexity index is 983. The lowest BCUT2D eigenvalue weighted by molar-refractivity contribution is 0.280. The molecule has 4 rings (SSSR count). The van der Waals surface area contributed by atoms with E-state index in [-0.39, 0.29) is 12.6 Å². The van der Waals surface area contributed by atoms with E-state index in [4.69, 9.17) is 4.98 Å². The van der Waals surface area contributed by atoms with Crippen molar-refractivity contribution in [1.82, 2.24) is 14.6 Å². The number of aromatic nitrogens is 3. The number of hydrogen-bond donors (Lipinski definition) is 2. The van der Waals surface area contributed by atoms with E-state index in [0.29, 0.717) is 6.42 Å². The molecule has 0 aliphatic carbocycles. The van der Waals surface area contributed by atoms with Crippen molar-refractivity contribution in [2.75, 3.05) is 11.9 Å². The van der Waals surface area contributed by atoms with Gasteiger partial charge in [0.25, 0.3) is 0 Å². The van der Waals surface area contributed by atoms with Crippen molar-refractivity contribution >= 4 is 11.5 Å². The molecule has 5 heteroatoms. The first-order valence-electron chi connectivity index (χ1n) is 8.68. The molecule has 2 aromatic carbocycles. The predicted octanol–water partition coefficient (Wildman–Crippen LogP) is 3.93. The van der Waals surface area contributed by atoms with E-state index < -0.39 is 0 Å². The van der Waals surface area contributed by atoms with Crippen LogP contribution in [0.3, 0.4) is 0 Å². The minimum Gasteiger partial charge on any atom is -0.396 e. The summed E-state index contributed by atoms with van der Waals surface area (Å²) in [6.07, 6.45) is 2.35. The van der Waals surface area contributed by atoms with Gasteiger partial charge in [-0.15, -0.1) is 0 Å². The maximum Gasteiger partial charge on any atom is 0.157 e. The normalized spacial score (nSPS) is 12.2. The van der Waals surface area contributed by atoms with Gasteiger partial charge < -0.3 is 10.4 Å². The molecular formula is C21H20N4O. The summed E-state index contributed by atoms with van der Waals surface area (Å²) in [6.45, 7) is 0.103. The number of rotatable bonds is 6. The van der Waals surface area contributed by atoms with E-state index in [2.05, 4.69) is 22.5 Å². The molecule has 0 radical (unpaired) electrons. The monoisotopic (exact) mass is 344 g/mol. The maximum atomic E-state index is 9.51. The second-order valence-corrected chi connectivity index (χ2v) is 6.11. The molecule has 2 N–H and O–H groups in total. The largest absolute Gasteiger partial charge is 0.396 e. The zero-order chi connectivity index (χ0) is 17.8. The molecule has 4 aromatic rings. The number of aliphatic hydroxyl groups excluding tert-OH is 1. The molecule has 0 saturated carbocycles. The highest BCUT2D eigenvalue weighted by Gasteiger charge is 2.14. The van der Waals surface area contributed by atoms with Crippen LogP contribution in [0.5, 0.6) is 0 Å². The van der Waals surface area contributed by atoms with E-state index in [0.717, 1.165) is 28.3 Å². The summed E-state index contributed by atoms with van der Waals surface area (Å²) in [7, 11) is 0. The Labute approximate surface area is 152 Å². The van der Waals surface area contributed by atoms with Crippen LogP contribution >= 0.6 is 0 Å². The second-order valence-electron chi connectivity index (χ2n) is 6.11. The average molecular weight is 344 g/mol. The van der Waals surface area contributed by atoms with Crippen LogP contribution in [0, 0.1) is 0 Å². The summed E-state index contributed by atoms with van der Waals surface area (Å²) in [4.78, 5) is 4.70. The number of nitrogens with one attached hydrogen (secondary N) is 1. The molecule has 0 bridgehead atoms. The fourth-order valence-electron chi connectivity index (χ4n) is 3.09. The van der Waals surface area contributed by atoms with Crippen LogP contribution in [0.2, 0.25) is 0 Å². The maximum absolute atomic E-state index is 9.51. The van der Waals surface area contributed by atoms with E-state index in [1.807, 2.05) is 60.7 Å². The first kappa shape index (κ1) is 16.3. The first-order chi connectivity index (χ1) is 12.8. The smallest absolute Gasteiger partial charge is 0.157 e. The lowest BCUT2D eigenvalue weighted by atomic mass is 10.0. The summed E-state index contributed by atoms with van der Waals surface area (Å²) in [5.74, 6) is 0.848. The number of nitrogens with zero attached hydrogens (tertiary/aromatic N) is 3. The molecule has 1 atom stereocenters. The molecule has 0 aliphatic heterocycles. The average Bonchev–Trinajstić information content (AvgIpc) is 3.18. The van der Waals surface area contributed by atoms with Gasteiger partial charge in [-0.2, -0.15) is 9.61 Å². The molecule has 0 aliphatic rings. The molecule has 2 aromatic heterocycles. The molecule has 0 saturated heterocycles. The van der Waals surface area contributed by atoms with Gasteiger partial charge in [0, 0.05) is 24.3 Å². The van der Waals surface area contributed by atoms with Crippen LogP contribution in [-0.4, -0.2) is 26.3 Å². The van der Waals surface area contributed by atoms with Gasteiger partial charge in [-0.25, -0.2) is 4.98 Å². The SMILES string of the molecule is OCCC(Nc1cc(-c2ccccc2)nc2ccnn12)c1ccccc1. The molecule has 0 fully saturated rings. The van der Waals surface area contributed by atoms with Crippen LogP contribution in [0.1, 0.15) is 18.0 Å². The Morgan fingerprint density at radius 3 is 2.42 bits per heavy atom. The van der Waals surface area contributed by atoms with Gasteiger partial charge in [0.05, 0.1) is 17.9 Å². The third kappa shape index (κ3) is 3.30. The Balaban J connectivity index is 1.76. The van der Waals surface area contributed by atoms with Gasteiger partial charge in [-0.05, 0) is 12.0 Å². The Morgan fingerprint density at radius 1 is 0.962 bits per heavy atom. The Hall–Kier alpha value is -3.18. The number of fused-ring (bicyclic) bond motifs is 1. The predicted molar refractivity (Wildman–Crippen MR) is 103 cm³/mol. The third-order valence-corrected chi connectivity index (χ3v) is 4.37. The summed E-state index contributed by atoms with van der Waals surface area (Å²) >= 11 is 0. The van der Waals surface area contributed by atoms with Crippen molar-refractivity contribution in [3.05, 3.63) is 84.6 Å². The van der Waals surface area contributed by atoms with E-state index >= 15 is 0 Å². The zero-order valence-corrected chi connectivity index (χ0v) is 14.3. The Morgan fingerprint density at radius 2 is 1.69 bits per heavy atom. The molecule has 0 spiro atoms. The van der Waals surface area contributed by atoms with Gasteiger partial charge in [0.1, 0.15) is 5.82 Å². The molecule has 130 valence electrons. The van der Waals surface area contributed by atoms with Crippen LogP contribution < -0.4 is 5.32 Å². The van der Waals surface area contributed by atoms with Crippen LogP contribution in [-0.2, 0) is 0 Å². The third-order valence-electron chi connectivity index (χ3n) is 4.37. The summed E-state index contributed by atoms with van der Waals surface area (Å²) in [6, 6.07) is 24.1. The minimum atomic E-state index is -0.0142. The number of anilines is 1. The van der Waals surface area contributed by atoms with Crippen LogP contribution in [0.25, 0.3) is 16.9 Å². The number of benzene rings is 2. The summed E-state index contributed by atoms with van der Waals surface area (Å²) < 4.78 is 1.79. The minimum absolute atomic E-state index is 0.0142. The topological polar surface area (TPSA) is 62.5 Å². The molecule has 5 nitrogen and oxygen atoms in total. The van der Waals surface area contributed by atoms with Crippen molar-refractivity contribution in [2.45, 2.75) is 12.5 Å². The molecule has 0 amide bonds. The van der Waals surface area contributed by atoms with E-state index in [1.54, 1.807) is 10.7 Å². The van der Waals surface area contributed by atoms with Crippen LogP contribution in [0.4, 0.5) is 5.82 Å². The first-order valence-corrected chi connectivity index (χ1v) is 8.68. The summed E-state index contributed by atoms with van der Waals surface area (Å²) in [5.41, 5.74) is 3.85. The van der Waals surface area contributed by atoms with Crippen molar-refractivity contribution < 1.29 is 5.11 Å². The van der Waals surface area contributed by atoms with Crippen molar-refractivity contribution in [3.8, 4) is 11.3 Å². The van der Waals surface area contributed by atoms with Crippen LogP contribution in [0.15, 0.2) is 79.0 Å². The highest BCUT2D eigenvalue weighted by atomic mass is 16.3. The number of aliphatic hydroxyl groups is 1. The fourth-order valence-corrected chi connectivity index (χ4v) is 3.09. The highest BCUT2D eigenvalue weighted by molar-refractivity contribution is 5.66. The molecule has 1 unspecified atom stereocenters. The quantitative estimate of drug-likeness (QED) is 0.556. The van der Waals surface area contributed by atoms with Crippen molar-refractivity contribution in [3.63, 3.8) is 0 Å². The van der Waals surface area contributed by atoms with Crippen molar-refractivity contribution in [2.24, 2.45) is 0 Å². The van der Waals surface area contributed by atoms with Gasteiger partial charge in [0.2, 0.25) is 0 Å². The molecular weight excluding hydrogens is 324 g/mol. The zero-order valence-electron chi connectivity index (χ0n) is 14.3. The lowest BCUT2D eigenvalue weighted by Gasteiger charge is -2.20. The summed E-state index contributed by atoms with van der Waals surface area (Å²) in [5, 5.41) is 17.4. The van der Waals surface area contributed by atoms with Gasteiger partial charge in [0.15, 0.2) is 5.65 Å². The second kappa shape index (κ2) is 7.37. The van der Waals surface area contributed by atoms with Crippen molar-refractivity contribution in [1.29, 1.82) is 0 Å². The standard InChI is InChI=1S/C21H20N4O/c26-14-12-18(16-7-3-1-4-8-16)23-21-15-19(17-9-5-2-6-10-17)24-20-11-13-22-25(20)21/h1-11,13,15,18,23,26H,12,14H2. The van der Waals surface area contributed by atoms with Gasteiger partial charge in [-0.3, -0.25) is 0 Å². The lowest BCUT2D eigenvalue weighted by Crippen LogP contribution is -2.15.